The van der Waals surface area contributed by atoms with Crippen molar-refractivity contribution < 1.29 is 0 Å². The van der Waals surface area contributed by atoms with Crippen LogP contribution in [0.5, 0.6) is 0 Å². The SMILES string of the molecule is CNC(Cc1cncc(Br)c1)c1sccc1C. The molecule has 0 saturated carbocycles. The zero-order valence-corrected chi connectivity index (χ0v) is 12.3. The second-order valence-corrected chi connectivity index (χ2v) is 5.89. The summed E-state index contributed by atoms with van der Waals surface area (Å²) in [5, 5.41) is 5.53. The molecule has 2 nitrogen and oxygen atoms in total. The average molecular weight is 311 g/mol. The predicted molar refractivity (Wildman–Crippen MR) is 76.5 cm³/mol. The minimum Gasteiger partial charge on any atom is -0.312 e. The molecule has 0 saturated heterocycles. The van der Waals surface area contributed by atoms with Gasteiger partial charge in [0, 0.05) is 27.8 Å². The summed E-state index contributed by atoms with van der Waals surface area (Å²) in [6, 6.07) is 4.66. The van der Waals surface area contributed by atoms with E-state index in [1.165, 1.54) is 16.0 Å². The Morgan fingerprint density at radius 3 is 2.88 bits per heavy atom. The lowest BCUT2D eigenvalue weighted by Crippen LogP contribution is -2.18. The van der Waals surface area contributed by atoms with Crippen molar-refractivity contribution in [2.75, 3.05) is 7.05 Å². The average Bonchev–Trinajstić information content (AvgIpc) is 2.72. The number of hydrogen-bond acceptors (Lipinski definition) is 3. The zero-order chi connectivity index (χ0) is 12.3. The number of hydrogen-bond donors (Lipinski definition) is 1. The minimum absolute atomic E-state index is 0.367. The van der Waals surface area contributed by atoms with Gasteiger partial charge in [0.05, 0.1) is 0 Å². The molecule has 17 heavy (non-hydrogen) atoms. The molecular weight excluding hydrogens is 296 g/mol. The fourth-order valence-electron chi connectivity index (χ4n) is 1.87. The van der Waals surface area contributed by atoms with Crippen LogP contribution in [0.25, 0.3) is 0 Å². The molecule has 2 aromatic heterocycles. The maximum absolute atomic E-state index is 4.20. The third kappa shape index (κ3) is 3.15. The van der Waals surface area contributed by atoms with Gasteiger partial charge in [0.15, 0.2) is 0 Å². The number of likely N-dealkylation sites (N-methyl/N-ethyl adjacent to an activating group) is 1. The van der Waals surface area contributed by atoms with Gasteiger partial charge in [0.1, 0.15) is 0 Å². The number of nitrogens with one attached hydrogen (secondary N) is 1. The van der Waals surface area contributed by atoms with Crippen LogP contribution in [0.15, 0.2) is 34.4 Å². The highest BCUT2D eigenvalue weighted by molar-refractivity contribution is 9.10. The van der Waals surface area contributed by atoms with Crippen molar-refractivity contribution in [3.63, 3.8) is 0 Å². The summed E-state index contributed by atoms with van der Waals surface area (Å²) in [5.74, 6) is 0. The second kappa shape index (κ2) is 5.76. The maximum Gasteiger partial charge on any atom is 0.0456 e. The Bertz CT molecular complexity index is 496. The van der Waals surface area contributed by atoms with Gasteiger partial charge in [-0.15, -0.1) is 11.3 Å². The molecule has 2 rings (SSSR count). The van der Waals surface area contributed by atoms with Crippen LogP contribution in [0.1, 0.15) is 22.0 Å². The largest absolute Gasteiger partial charge is 0.312 e. The molecule has 0 aliphatic heterocycles. The number of aryl methyl sites for hydroxylation is 1. The molecule has 90 valence electrons. The molecule has 0 bridgehead atoms. The lowest BCUT2D eigenvalue weighted by molar-refractivity contribution is 0.598. The van der Waals surface area contributed by atoms with Crippen LogP contribution in [-0.4, -0.2) is 12.0 Å². The molecule has 0 aliphatic rings. The van der Waals surface area contributed by atoms with Gasteiger partial charge in [-0.25, -0.2) is 0 Å². The van der Waals surface area contributed by atoms with Gasteiger partial charge in [-0.3, -0.25) is 4.98 Å². The molecule has 1 unspecified atom stereocenters. The highest BCUT2D eigenvalue weighted by Crippen LogP contribution is 2.26. The molecule has 2 heterocycles. The molecular formula is C13H15BrN2S. The van der Waals surface area contributed by atoms with E-state index in [9.17, 15) is 0 Å². The monoisotopic (exact) mass is 310 g/mol. The molecule has 0 aliphatic carbocycles. The zero-order valence-electron chi connectivity index (χ0n) is 9.90. The topological polar surface area (TPSA) is 24.9 Å². The van der Waals surface area contributed by atoms with Crippen LogP contribution in [0.3, 0.4) is 0 Å². The van der Waals surface area contributed by atoms with E-state index in [0.29, 0.717) is 6.04 Å². The highest BCUT2D eigenvalue weighted by atomic mass is 79.9. The highest BCUT2D eigenvalue weighted by Gasteiger charge is 2.14. The van der Waals surface area contributed by atoms with Gasteiger partial charge in [0.25, 0.3) is 0 Å². The number of thiophene rings is 1. The van der Waals surface area contributed by atoms with Crippen molar-refractivity contribution in [3.05, 3.63) is 50.4 Å². The summed E-state index contributed by atoms with van der Waals surface area (Å²) < 4.78 is 1.03. The number of aromatic nitrogens is 1. The number of nitrogens with zero attached hydrogens (tertiary/aromatic N) is 1. The minimum atomic E-state index is 0.367. The summed E-state index contributed by atoms with van der Waals surface area (Å²) in [4.78, 5) is 5.61. The van der Waals surface area contributed by atoms with Crippen LogP contribution < -0.4 is 5.32 Å². The van der Waals surface area contributed by atoms with E-state index in [-0.39, 0.29) is 0 Å². The van der Waals surface area contributed by atoms with Crippen molar-refractivity contribution >= 4 is 27.3 Å². The van der Waals surface area contributed by atoms with Crippen molar-refractivity contribution in [2.24, 2.45) is 0 Å². The van der Waals surface area contributed by atoms with Crippen molar-refractivity contribution in [2.45, 2.75) is 19.4 Å². The quantitative estimate of drug-likeness (QED) is 0.931. The van der Waals surface area contributed by atoms with Gasteiger partial charge < -0.3 is 5.32 Å². The Balaban J connectivity index is 2.19. The molecule has 0 radical (unpaired) electrons. The Kier molecular flexibility index (Phi) is 4.31. The number of rotatable bonds is 4. The summed E-state index contributed by atoms with van der Waals surface area (Å²) in [5.41, 5.74) is 2.60. The fraction of sp³-hybridized carbons (Fsp3) is 0.308. The van der Waals surface area contributed by atoms with Crippen molar-refractivity contribution in [1.29, 1.82) is 0 Å². The Morgan fingerprint density at radius 1 is 1.47 bits per heavy atom. The number of halogens is 1. The smallest absolute Gasteiger partial charge is 0.0456 e. The van der Waals surface area contributed by atoms with Crippen LogP contribution >= 0.6 is 27.3 Å². The third-order valence-corrected chi connectivity index (χ3v) is 4.33. The summed E-state index contributed by atoms with van der Waals surface area (Å²) in [7, 11) is 2.01. The first-order valence-corrected chi connectivity index (χ1v) is 7.18. The molecule has 1 atom stereocenters. The van der Waals surface area contributed by atoms with Gasteiger partial charge in [-0.1, -0.05) is 0 Å². The lowest BCUT2D eigenvalue weighted by Gasteiger charge is -2.15. The first-order valence-electron chi connectivity index (χ1n) is 5.51. The van der Waals surface area contributed by atoms with Crippen molar-refractivity contribution in [3.8, 4) is 0 Å². The summed E-state index contributed by atoms with van der Waals surface area (Å²) in [6.45, 7) is 2.16. The molecule has 0 amide bonds. The Hall–Kier alpha value is -0.710. The fourth-order valence-corrected chi connectivity index (χ4v) is 3.32. The first kappa shape index (κ1) is 12.7. The van der Waals surface area contributed by atoms with Crippen LogP contribution in [0, 0.1) is 6.92 Å². The molecule has 1 N–H and O–H groups in total. The second-order valence-electron chi connectivity index (χ2n) is 4.02. The van der Waals surface area contributed by atoms with E-state index in [0.717, 1.165) is 10.9 Å². The van der Waals surface area contributed by atoms with Crippen LogP contribution in [-0.2, 0) is 6.42 Å². The predicted octanol–water partition coefficient (Wildman–Crippen LogP) is 3.72. The molecule has 0 aromatic carbocycles. The Morgan fingerprint density at radius 2 is 2.29 bits per heavy atom. The van der Waals surface area contributed by atoms with Gasteiger partial charge in [0.2, 0.25) is 0 Å². The van der Waals surface area contributed by atoms with Crippen molar-refractivity contribution in [1.82, 2.24) is 10.3 Å². The van der Waals surface area contributed by atoms with Gasteiger partial charge in [-0.2, -0.15) is 0 Å². The summed E-state index contributed by atoms with van der Waals surface area (Å²) >= 11 is 5.27. The van der Waals surface area contributed by atoms with E-state index in [1.807, 2.05) is 30.8 Å². The third-order valence-electron chi connectivity index (χ3n) is 2.77. The van der Waals surface area contributed by atoms with Gasteiger partial charge >= 0.3 is 0 Å². The Labute approximate surface area is 114 Å². The van der Waals surface area contributed by atoms with E-state index in [4.69, 9.17) is 0 Å². The molecule has 2 aromatic rings. The lowest BCUT2D eigenvalue weighted by atomic mass is 10.0. The molecule has 0 fully saturated rings. The van der Waals surface area contributed by atoms with E-state index in [1.54, 1.807) is 0 Å². The van der Waals surface area contributed by atoms with Crippen LogP contribution in [0.2, 0.25) is 0 Å². The molecule has 0 spiro atoms. The van der Waals surface area contributed by atoms with E-state index < -0.39 is 0 Å². The van der Waals surface area contributed by atoms with Crippen LogP contribution in [0.4, 0.5) is 0 Å². The van der Waals surface area contributed by atoms with E-state index in [2.05, 4.69) is 50.7 Å². The molecule has 4 heteroatoms. The van der Waals surface area contributed by atoms with E-state index >= 15 is 0 Å². The normalized spacial score (nSPS) is 12.6. The first-order chi connectivity index (χ1) is 8.20. The summed E-state index contributed by atoms with van der Waals surface area (Å²) in [6.07, 6.45) is 4.70. The number of pyridine rings is 1. The maximum atomic E-state index is 4.20. The van der Waals surface area contributed by atoms with Gasteiger partial charge in [-0.05, 0) is 65.0 Å². The standard InChI is InChI=1S/C13H15BrN2S/c1-9-3-4-17-13(9)12(15-2)6-10-5-11(14)8-16-7-10/h3-5,7-8,12,15H,6H2,1-2H3.